The first kappa shape index (κ1) is 10.8. The zero-order valence-corrected chi connectivity index (χ0v) is 11.2. The Morgan fingerprint density at radius 2 is 2.35 bits per heavy atom. The van der Waals surface area contributed by atoms with E-state index >= 15 is 0 Å². The van der Waals surface area contributed by atoms with Crippen molar-refractivity contribution in [3.63, 3.8) is 0 Å². The van der Waals surface area contributed by atoms with E-state index in [1.165, 1.54) is 11.1 Å². The van der Waals surface area contributed by atoms with Gasteiger partial charge in [-0.05, 0) is 30.7 Å². The van der Waals surface area contributed by atoms with Gasteiger partial charge in [-0.1, -0.05) is 15.9 Å². The smallest absolute Gasteiger partial charge is 0.127 e. The Kier molecular flexibility index (Phi) is 2.67. The van der Waals surface area contributed by atoms with Gasteiger partial charge in [0.1, 0.15) is 5.75 Å². The summed E-state index contributed by atoms with van der Waals surface area (Å²) < 4.78 is 8.81. The Bertz CT molecular complexity index is 563. The summed E-state index contributed by atoms with van der Waals surface area (Å²) in [5.41, 5.74) is 3.65. The second kappa shape index (κ2) is 4.18. The van der Waals surface area contributed by atoms with Crippen LogP contribution in [0.25, 0.3) is 0 Å². The maximum atomic E-state index is 5.71. The molecule has 3 nitrogen and oxygen atoms in total. The molecule has 2 aromatic rings. The maximum absolute atomic E-state index is 5.71. The summed E-state index contributed by atoms with van der Waals surface area (Å²) in [4.78, 5) is 0. The third-order valence-electron chi connectivity index (χ3n) is 3.07. The number of halogens is 1. The van der Waals surface area contributed by atoms with Crippen LogP contribution in [0.15, 0.2) is 28.9 Å². The molecule has 0 saturated carbocycles. The van der Waals surface area contributed by atoms with E-state index in [-0.39, 0.29) is 0 Å². The van der Waals surface area contributed by atoms with Crippen LogP contribution in [0.5, 0.6) is 5.75 Å². The lowest BCUT2D eigenvalue weighted by atomic mass is 10.1. The second-order valence-corrected chi connectivity index (χ2v) is 5.20. The Balaban J connectivity index is 2.01. The van der Waals surface area contributed by atoms with Crippen molar-refractivity contribution in [1.82, 2.24) is 9.78 Å². The SMILES string of the molecule is Cc1ccnn1Cc1cc(Br)cc2c1OCC2. The molecule has 0 N–H and O–H groups in total. The topological polar surface area (TPSA) is 27.1 Å². The van der Waals surface area contributed by atoms with Gasteiger partial charge in [0.15, 0.2) is 0 Å². The molecule has 1 aliphatic heterocycles. The molecule has 0 fully saturated rings. The average molecular weight is 293 g/mol. The van der Waals surface area contributed by atoms with Crippen LogP contribution in [0.4, 0.5) is 0 Å². The fourth-order valence-electron chi connectivity index (χ4n) is 2.19. The van der Waals surface area contributed by atoms with Gasteiger partial charge in [-0.2, -0.15) is 5.10 Å². The minimum absolute atomic E-state index is 0.764. The van der Waals surface area contributed by atoms with Crippen molar-refractivity contribution < 1.29 is 4.74 Å². The molecule has 0 bridgehead atoms. The Labute approximate surface area is 109 Å². The predicted molar refractivity (Wildman–Crippen MR) is 69.4 cm³/mol. The lowest BCUT2D eigenvalue weighted by Gasteiger charge is -2.10. The Hall–Kier alpha value is -1.29. The van der Waals surface area contributed by atoms with Gasteiger partial charge >= 0.3 is 0 Å². The largest absolute Gasteiger partial charge is 0.493 e. The van der Waals surface area contributed by atoms with Crippen molar-refractivity contribution in [2.24, 2.45) is 0 Å². The van der Waals surface area contributed by atoms with Crippen LogP contribution in [-0.2, 0) is 13.0 Å². The van der Waals surface area contributed by atoms with Gasteiger partial charge in [0.25, 0.3) is 0 Å². The quantitative estimate of drug-likeness (QED) is 0.851. The second-order valence-electron chi connectivity index (χ2n) is 4.28. The van der Waals surface area contributed by atoms with Gasteiger partial charge in [-0.25, -0.2) is 0 Å². The molecule has 0 saturated heterocycles. The minimum Gasteiger partial charge on any atom is -0.493 e. The first-order valence-corrected chi connectivity index (χ1v) is 6.46. The molecule has 1 aromatic carbocycles. The van der Waals surface area contributed by atoms with Crippen LogP contribution in [0.3, 0.4) is 0 Å². The predicted octanol–water partition coefficient (Wildman–Crippen LogP) is 2.94. The number of nitrogens with zero attached hydrogens (tertiary/aromatic N) is 2. The maximum Gasteiger partial charge on any atom is 0.127 e. The Morgan fingerprint density at radius 3 is 3.12 bits per heavy atom. The fourth-order valence-corrected chi connectivity index (χ4v) is 2.74. The van der Waals surface area contributed by atoms with Crippen molar-refractivity contribution in [3.8, 4) is 5.75 Å². The van der Waals surface area contributed by atoms with Crippen molar-refractivity contribution >= 4 is 15.9 Å². The summed E-state index contributed by atoms with van der Waals surface area (Å²) in [6.45, 7) is 3.61. The summed E-state index contributed by atoms with van der Waals surface area (Å²) in [5, 5.41) is 4.31. The summed E-state index contributed by atoms with van der Waals surface area (Å²) in [5.74, 6) is 1.04. The third kappa shape index (κ3) is 1.97. The van der Waals surface area contributed by atoms with E-state index in [0.29, 0.717) is 0 Å². The molecule has 0 spiro atoms. The summed E-state index contributed by atoms with van der Waals surface area (Å²) in [6.07, 6.45) is 2.83. The minimum atomic E-state index is 0.764. The lowest BCUT2D eigenvalue weighted by Crippen LogP contribution is -2.05. The van der Waals surface area contributed by atoms with Gasteiger partial charge < -0.3 is 4.74 Å². The molecule has 2 heterocycles. The number of aryl methyl sites for hydroxylation is 1. The number of rotatable bonds is 2. The molecular formula is C13H13BrN2O. The number of hydrogen-bond donors (Lipinski definition) is 0. The van der Waals surface area contributed by atoms with Crippen LogP contribution in [-0.4, -0.2) is 16.4 Å². The summed E-state index contributed by atoms with van der Waals surface area (Å²) in [6, 6.07) is 6.27. The standard InChI is InChI=1S/C13H13BrN2O/c1-9-2-4-15-16(9)8-11-7-12(14)6-10-3-5-17-13(10)11/h2,4,6-7H,3,5,8H2,1H3. The number of ether oxygens (including phenoxy) is 1. The lowest BCUT2D eigenvalue weighted by molar-refractivity contribution is 0.352. The highest BCUT2D eigenvalue weighted by Crippen LogP contribution is 2.33. The van der Waals surface area contributed by atoms with Crippen LogP contribution >= 0.6 is 15.9 Å². The van der Waals surface area contributed by atoms with E-state index < -0.39 is 0 Å². The van der Waals surface area contributed by atoms with E-state index in [1.54, 1.807) is 0 Å². The van der Waals surface area contributed by atoms with Gasteiger partial charge in [0, 0.05) is 28.3 Å². The number of benzene rings is 1. The highest BCUT2D eigenvalue weighted by atomic mass is 79.9. The molecular weight excluding hydrogens is 280 g/mol. The number of hydrogen-bond acceptors (Lipinski definition) is 2. The van der Waals surface area contributed by atoms with Crippen molar-refractivity contribution in [1.29, 1.82) is 0 Å². The normalized spacial score (nSPS) is 13.5. The highest BCUT2D eigenvalue weighted by Gasteiger charge is 2.17. The summed E-state index contributed by atoms with van der Waals surface area (Å²) >= 11 is 3.55. The molecule has 4 heteroatoms. The highest BCUT2D eigenvalue weighted by molar-refractivity contribution is 9.10. The molecule has 1 aromatic heterocycles. The van der Waals surface area contributed by atoms with Gasteiger partial charge in [-0.15, -0.1) is 0 Å². The molecule has 88 valence electrons. The first-order valence-electron chi connectivity index (χ1n) is 5.66. The van der Waals surface area contributed by atoms with Crippen molar-refractivity contribution in [3.05, 3.63) is 45.7 Å². The molecule has 17 heavy (non-hydrogen) atoms. The van der Waals surface area contributed by atoms with E-state index in [4.69, 9.17) is 4.74 Å². The van der Waals surface area contributed by atoms with Crippen LogP contribution < -0.4 is 4.74 Å². The monoisotopic (exact) mass is 292 g/mol. The fraction of sp³-hybridized carbons (Fsp3) is 0.308. The zero-order chi connectivity index (χ0) is 11.8. The van der Waals surface area contributed by atoms with Crippen LogP contribution in [0.1, 0.15) is 16.8 Å². The van der Waals surface area contributed by atoms with E-state index in [1.807, 2.05) is 16.9 Å². The van der Waals surface area contributed by atoms with E-state index in [0.717, 1.165) is 35.5 Å². The molecule has 0 unspecified atom stereocenters. The summed E-state index contributed by atoms with van der Waals surface area (Å²) in [7, 11) is 0. The van der Waals surface area contributed by atoms with E-state index in [2.05, 4.69) is 40.1 Å². The zero-order valence-electron chi connectivity index (χ0n) is 9.61. The molecule has 0 atom stereocenters. The van der Waals surface area contributed by atoms with Crippen LogP contribution in [0, 0.1) is 6.92 Å². The number of aromatic nitrogens is 2. The van der Waals surface area contributed by atoms with E-state index in [9.17, 15) is 0 Å². The van der Waals surface area contributed by atoms with Gasteiger partial charge in [0.05, 0.1) is 13.2 Å². The third-order valence-corrected chi connectivity index (χ3v) is 3.53. The van der Waals surface area contributed by atoms with Gasteiger partial charge in [-0.3, -0.25) is 4.68 Å². The number of fused-ring (bicyclic) bond motifs is 1. The van der Waals surface area contributed by atoms with Crippen molar-refractivity contribution in [2.45, 2.75) is 19.9 Å². The molecule has 0 aliphatic carbocycles. The first-order chi connectivity index (χ1) is 8.24. The molecule has 3 rings (SSSR count). The molecule has 0 amide bonds. The molecule has 1 aliphatic rings. The Morgan fingerprint density at radius 1 is 1.47 bits per heavy atom. The van der Waals surface area contributed by atoms with Crippen molar-refractivity contribution in [2.75, 3.05) is 6.61 Å². The van der Waals surface area contributed by atoms with Crippen LogP contribution in [0.2, 0.25) is 0 Å². The average Bonchev–Trinajstić information content (AvgIpc) is 2.88. The van der Waals surface area contributed by atoms with Gasteiger partial charge in [0.2, 0.25) is 0 Å². The molecule has 0 radical (unpaired) electrons.